The molecule has 0 fully saturated rings. The quantitative estimate of drug-likeness (QED) is 0.483. The molecule has 0 aliphatic heterocycles. The van der Waals surface area contributed by atoms with Crippen LogP contribution in [0.4, 0.5) is 5.69 Å². The Kier molecular flexibility index (Phi) is 7.59. The molecular formula is C21H21Cl2N5O2S. The van der Waals surface area contributed by atoms with E-state index in [9.17, 15) is 9.59 Å². The van der Waals surface area contributed by atoms with Crippen LogP contribution in [0.5, 0.6) is 0 Å². The predicted octanol–water partition coefficient (Wildman–Crippen LogP) is 4.65. The molecule has 7 nitrogen and oxygen atoms in total. The number of anilines is 1. The minimum Gasteiger partial charge on any atom is -0.342 e. The number of amides is 2. The lowest BCUT2D eigenvalue weighted by Gasteiger charge is -2.14. The molecule has 3 aromatic rings. The Labute approximate surface area is 194 Å². The molecule has 1 unspecified atom stereocenters. The second kappa shape index (κ2) is 10.2. The zero-order valence-electron chi connectivity index (χ0n) is 17.1. The van der Waals surface area contributed by atoms with Crippen molar-refractivity contribution in [2.24, 2.45) is 7.05 Å². The SMILES string of the molecule is Cc1cccc(NC(=O)CSc2nnc(C(C)NC(=O)c3ccc(Cl)cc3Cl)n2C)c1. The van der Waals surface area contributed by atoms with Crippen LogP contribution in [0.2, 0.25) is 10.0 Å². The van der Waals surface area contributed by atoms with Crippen molar-refractivity contribution in [3.63, 3.8) is 0 Å². The zero-order valence-corrected chi connectivity index (χ0v) is 19.5. The molecule has 0 radical (unpaired) electrons. The summed E-state index contributed by atoms with van der Waals surface area (Å²) in [5.74, 6) is 0.254. The third-order valence-corrected chi connectivity index (χ3v) is 5.98. The maximum Gasteiger partial charge on any atom is 0.253 e. The lowest BCUT2D eigenvalue weighted by atomic mass is 10.2. The van der Waals surface area contributed by atoms with Crippen molar-refractivity contribution < 1.29 is 9.59 Å². The van der Waals surface area contributed by atoms with Gasteiger partial charge in [-0.05, 0) is 49.7 Å². The number of carbonyl (C=O) groups is 2. The second-order valence-corrected chi connectivity index (χ2v) is 8.71. The zero-order chi connectivity index (χ0) is 22.5. The fourth-order valence-electron chi connectivity index (χ4n) is 2.89. The van der Waals surface area contributed by atoms with Gasteiger partial charge in [0.25, 0.3) is 5.91 Å². The van der Waals surface area contributed by atoms with E-state index < -0.39 is 6.04 Å². The predicted molar refractivity (Wildman–Crippen MR) is 124 cm³/mol. The van der Waals surface area contributed by atoms with E-state index in [-0.39, 0.29) is 22.6 Å². The van der Waals surface area contributed by atoms with Crippen molar-refractivity contribution >= 4 is 52.5 Å². The van der Waals surface area contributed by atoms with Gasteiger partial charge < -0.3 is 15.2 Å². The van der Waals surface area contributed by atoms with Gasteiger partial charge in [0.15, 0.2) is 11.0 Å². The number of thioether (sulfide) groups is 1. The first-order valence-corrected chi connectivity index (χ1v) is 11.1. The maximum absolute atomic E-state index is 12.5. The first-order valence-electron chi connectivity index (χ1n) is 9.39. The van der Waals surface area contributed by atoms with E-state index in [1.54, 1.807) is 30.7 Å². The van der Waals surface area contributed by atoms with Crippen LogP contribution >= 0.6 is 35.0 Å². The average molecular weight is 478 g/mol. The highest BCUT2D eigenvalue weighted by Gasteiger charge is 2.20. The van der Waals surface area contributed by atoms with Crippen molar-refractivity contribution in [2.45, 2.75) is 25.0 Å². The van der Waals surface area contributed by atoms with E-state index in [1.807, 2.05) is 31.2 Å². The van der Waals surface area contributed by atoms with Gasteiger partial charge in [0.1, 0.15) is 0 Å². The smallest absolute Gasteiger partial charge is 0.253 e. The van der Waals surface area contributed by atoms with Gasteiger partial charge >= 0.3 is 0 Å². The minimum absolute atomic E-state index is 0.140. The molecule has 0 aliphatic rings. The van der Waals surface area contributed by atoms with Gasteiger partial charge in [-0.3, -0.25) is 9.59 Å². The van der Waals surface area contributed by atoms with Crippen LogP contribution in [-0.4, -0.2) is 32.3 Å². The molecule has 0 saturated carbocycles. The molecule has 2 aromatic carbocycles. The molecule has 162 valence electrons. The third-order valence-electron chi connectivity index (χ3n) is 4.41. The van der Waals surface area contributed by atoms with Crippen LogP contribution in [0.25, 0.3) is 0 Å². The van der Waals surface area contributed by atoms with Crippen molar-refractivity contribution in [1.29, 1.82) is 0 Å². The van der Waals surface area contributed by atoms with Gasteiger partial charge in [0.2, 0.25) is 5.91 Å². The lowest BCUT2D eigenvalue weighted by Crippen LogP contribution is -2.28. The fraction of sp³-hybridized carbons (Fsp3) is 0.238. The number of hydrogen-bond donors (Lipinski definition) is 2. The van der Waals surface area contributed by atoms with Crippen molar-refractivity contribution in [1.82, 2.24) is 20.1 Å². The highest BCUT2D eigenvalue weighted by atomic mass is 35.5. The van der Waals surface area contributed by atoms with Crippen LogP contribution in [0.1, 0.15) is 34.7 Å². The number of hydrogen-bond acceptors (Lipinski definition) is 5. The van der Waals surface area contributed by atoms with Crippen LogP contribution in [0.3, 0.4) is 0 Å². The summed E-state index contributed by atoms with van der Waals surface area (Å²) >= 11 is 13.3. The summed E-state index contributed by atoms with van der Waals surface area (Å²) in [6, 6.07) is 11.9. The summed E-state index contributed by atoms with van der Waals surface area (Å²) in [7, 11) is 1.79. The molecule has 3 rings (SSSR count). The normalized spacial score (nSPS) is 11.8. The molecule has 0 saturated heterocycles. The summed E-state index contributed by atoms with van der Waals surface area (Å²) in [6.45, 7) is 3.76. The van der Waals surface area contributed by atoms with E-state index >= 15 is 0 Å². The Bertz CT molecular complexity index is 1120. The Morgan fingerprint density at radius 3 is 2.65 bits per heavy atom. The Morgan fingerprint density at radius 2 is 1.94 bits per heavy atom. The number of halogens is 2. The summed E-state index contributed by atoms with van der Waals surface area (Å²) in [6.07, 6.45) is 0. The average Bonchev–Trinajstić information content (AvgIpc) is 3.06. The van der Waals surface area contributed by atoms with Crippen LogP contribution < -0.4 is 10.6 Å². The minimum atomic E-state index is -0.424. The largest absolute Gasteiger partial charge is 0.342 e. The lowest BCUT2D eigenvalue weighted by molar-refractivity contribution is -0.113. The first-order chi connectivity index (χ1) is 14.7. The molecule has 31 heavy (non-hydrogen) atoms. The number of benzene rings is 2. The number of aromatic nitrogens is 3. The number of nitrogens with zero attached hydrogens (tertiary/aromatic N) is 3. The van der Waals surface area contributed by atoms with E-state index in [0.29, 0.717) is 21.6 Å². The number of rotatable bonds is 7. The molecule has 10 heteroatoms. The van der Waals surface area contributed by atoms with Gasteiger partial charge in [0, 0.05) is 17.8 Å². The first kappa shape index (κ1) is 23.1. The monoisotopic (exact) mass is 477 g/mol. The highest BCUT2D eigenvalue weighted by Crippen LogP contribution is 2.23. The fourth-order valence-corrected chi connectivity index (χ4v) is 4.10. The van der Waals surface area contributed by atoms with E-state index in [2.05, 4.69) is 20.8 Å². The Balaban J connectivity index is 1.59. The van der Waals surface area contributed by atoms with E-state index in [1.165, 1.54) is 17.8 Å². The van der Waals surface area contributed by atoms with Crippen LogP contribution in [0, 0.1) is 6.92 Å². The second-order valence-electron chi connectivity index (χ2n) is 6.93. The van der Waals surface area contributed by atoms with Crippen molar-refractivity contribution in [3.05, 3.63) is 69.5 Å². The number of nitrogens with one attached hydrogen (secondary N) is 2. The molecule has 2 amide bonds. The summed E-state index contributed by atoms with van der Waals surface area (Å²) < 4.78 is 1.75. The molecule has 0 aliphatic carbocycles. The number of aryl methyl sites for hydroxylation is 1. The maximum atomic E-state index is 12.5. The van der Waals surface area contributed by atoms with Gasteiger partial charge in [-0.25, -0.2) is 0 Å². The third kappa shape index (κ3) is 6.00. The van der Waals surface area contributed by atoms with Crippen molar-refractivity contribution in [2.75, 3.05) is 11.1 Å². The molecule has 2 N–H and O–H groups in total. The van der Waals surface area contributed by atoms with Gasteiger partial charge in [-0.1, -0.05) is 47.1 Å². The van der Waals surface area contributed by atoms with Gasteiger partial charge in [-0.15, -0.1) is 10.2 Å². The molecule has 1 atom stereocenters. The standard InChI is InChI=1S/C21H21Cl2N5O2S/c1-12-5-4-6-15(9-12)25-18(29)11-31-21-27-26-19(28(21)3)13(2)24-20(30)16-8-7-14(22)10-17(16)23/h4-10,13H,11H2,1-3H3,(H,24,30)(H,25,29). The topological polar surface area (TPSA) is 88.9 Å². The van der Waals surface area contributed by atoms with Crippen LogP contribution in [-0.2, 0) is 11.8 Å². The van der Waals surface area contributed by atoms with Crippen molar-refractivity contribution in [3.8, 4) is 0 Å². The molecular weight excluding hydrogens is 457 g/mol. The van der Waals surface area contributed by atoms with Gasteiger partial charge in [-0.2, -0.15) is 0 Å². The summed E-state index contributed by atoms with van der Waals surface area (Å²) in [5, 5.41) is 15.3. The molecule has 0 spiro atoms. The van der Waals surface area contributed by atoms with Crippen LogP contribution in [0.15, 0.2) is 47.6 Å². The molecule has 1 heterocycles. The highest BCUT2D eigenvalue weighted by molar-refractivity contribution is 7.99. The molecule has 0 bridgehead atoms. The molecule has 1 aromatic heterocycles. The summed E-state index contributed by atoms with van der Waals surface area (Å²) in [5.41, 5.74) is 2.14. The summed E-state index contributed by atoms with van der Waals surface area (Å²) in [4.78, 5) is 24.8. The Hall–Kier alpha value is -2.55. The van der Waals surface area contributed by atoms with Gasteiger partial charge in [0.05, 0.1) is 22.4 Å². The van der Waals surface area contributed by atoms with E-state index in [0.717, 1.165) is 11.3 Å². The Morgan fingerprint density at radius 1 is 1.16 bits per heavy atom. The van der Waals surface area contributed by atoms with E-state index in [4.69, 9.17) is 23.2 Å². The number of carbonyl (C=O) groups excluding carboxylic acids is 2.